The highest BCUT2D eigenvalue weighted by Crippen LogP contribution is 2.28. The fourth-order valence-electron chi connectivity index (χ4n) is 2.99. The third-order valence-corrected chi connectivity index (χ3v) is 4.38. The highest BCUT2D eigenvalue weighted by Gasteiger charge is 2.32. The van der Waals surface area contributed by atoms with Crippen LogP contribution in [0.25, 0.3) is 0 Å². The summed E-state index contributed by atoms with van der Waals surface area (Å²) >= 11 is 0. The van der Waals surface area contributed by atoms with Crippen LogP contribution in [0, 0.1) is 0 Å². The molecule has 9 nitrogen and oxygen atoms in total. The van der Waals surface area contributed by atoms with Gasteiger partial charge < -0.3 is 19.7 Å². The van der Waals surface area contributed by atoms with E-state index in [4.69, 9.17) is 10.8 Å². The number of anilines is 1. The van der Waals surface area contributed by atoms with Gasteiger partial charge in [-0.15, -0.1) is 0 Å². The van der Waals surface area contributed by atoms with Crippen LogP contribution in [-0.4, -0.2) is 50.6 Å². The van der Waals surface area contributed by atoms with Crippen molar-refractivity contribution in [1.82, 2.24) is 25.1 Å². The first-order valence-corrected chi connectivity index (χ1v) is 10.1. The Kier molecular flexibility index (Phi) is 6.49. The van der Waals surface area contributed by atoms with E-state index in [9.17, 15) is 18.0 Å². The van der Waals surface area contributed by atoms with E-state index >= 15 is 0 Å². The number of ether oxygens (including phenoxy) is 2. The number of halogens is 3. The molecule has 3 rings (SSSR count). The number of aromatic nitrogens is 4. The Labute approximate surface area is 185 Å². The number of nitrogens with zero attached hydrogens (tertiary/aromatic N) is 5. The number of carbonyl (C=O) groups excluding carboxylic acids is 1. The second-order valence-electron chi connectivity index (χ2n) is 8.49. The quantitative estimate of drug-likeness (QED) is 0.712. The van der Waals surface area contributed by atoms with Gasteiger partial charge in [0, 0.05) is 18.9 Å². The monoisotopic (exact) mass is 457 g/mol. The molecular weight excluding hydrogens is 429 g/mol. The summed E-state index contributed by atoms with van der Waals surface area (Å²) in [5, 5.41) is 7.08. The Hall–Kier alpha value is -2.89. The molecule has 0 saturated heterocycles. The number of nitrogens with one attached hydrogen (secondary N) is 1. The van der Waals surface area contributed by atoms with Crippen LogP contribution in [-0.2, 0) is 35.3 Å². The molecule has 0 bridgehead atoms. The first kappa shape index (κ1) is 22.3. The lowest BCUT2D eigenvalue weighted by molar-refractivity contribution is -0.138. The number of alkyl halides is 3. The molecule has 32 heavy (non-hydrogen) atoms. The van der Waals surface area contributed by atoms with Gasteiger partial charge in [-0.3, -0.25) is 4.68 Å². The van der Waals surface area contributed by atoms with Crippen LogP contribution in [0.15, 0.2) is 18.4 Å². The Morgan fingerprint density at radius 2 is 1.97 bits per heavy atom. The van der Waals surface area contributed by atoms with E-state index in [1.54, 1.807) is 37.3 Å². The van der Waals surface area contributed by atoms with Gasteiger partial charge in [0.1, 0.15) is 5.60 Å². The number of alkyl carbamates (subject to hydrolysis) is 1. The largest absolute Gasteiger partial charge is 0.444 e. The summed E-state index contributed by atoms with van der Waals surface area (Å²) in [5.74, 6) is 0.162. The van der Waals surface area contributed by atoms with Crippen molar-refractivity contribution in [3.63, 3.8) is 0 Å². The maximum atomic E-state index is 12.7. The molecule has 1 aliphatic heterocycles. The molecule has 0 saturated carbocycles. The standard InChI is InChI=1S/C20H27F3N6O3/c1-13(26-18(30)32-19(2,3)4)11-31-12-15-7-16-10-28(5-6-29(16)27-15)17-24-8-14(9-25-17)20(21,22)23/h7-9,13H,5-6,10-12H2,1-4H3,(H,26,30)/t13-/m0/s1/i7D. The minimum Gasteiger partial charge on any atom is -0.444 e. The van der Waals surface area contributed by atoms with Gasteiger partial charge in [-0.1, -0.05) is 0 Å². The van der Waals surface area contributed by atoms with Crippen LogP contribution in [0.5, 0.6) is 0 Å². The first-order valence-electron chi connectivity index (χ1n) is 10.6. The number of amides is 1. The highest BCUT2D eigenvalue weighted by atomic mass is 19.4. The van der Waals surface area contributed by atoms with Gasteiger partial charge in [-0.25, -0.2) is 14.8 Å². The number of hydrogen-bond acceptors (Lipinski definition) is 7. The third-order valence-electron chi connectivity index (χ3n) is 4.38. The van der Waals surface area contributed by atoms with Crippen LogP contribution in [0.4, 0.5) is 23.9 Å². The van der Waals surface area contributed by atoms with Crippen molar-refractivity contribution in [2.45, 2.75) is 65.2 Å². The average Bonchev–Trinajstić information content (AvgIpc) is 3.01. The molecule has 176 valence electrons. The van der Waals surface area contributed by atoms with Crippen LogP contribution in [0.2, 0.25) is 0 Å². The van der Waals surface area contributed by atoms with Gasteiger partial charge in [0.15, 0.2) is 0 Å². The Balaban J connectivity index is 1.55. The zero-order chi connectivity index (χ0) is 24.4. The number of rotatable bonds is 6. The summed E-state index contributed by atoms with van der Waals surface area (Å²) in [4.78, 5) is 21.2. The summed E-state index contributed by atoms with van der Waals surface area (Å²) in [6.45, 7) is 8.49. The van der Waals surface area contributed by atoms with Crippen molar-refractivity contribution in [1.29, 1.82) is 0 Å². The normalized spacial score (nSPS) is 15.7. The molecule has 0 fully saturated rings. The summed E-state index contributed by atoms with van der Waals surface area (Å²) in [6, 6.07) is -0.113. The molecule has 1 N–H and O–H groups in total. The Morgan fingerprint density at radius 3 is 2.59 bits per heavy atom. The number of fused-ring (bicyclic) bond motifs is 1. The summed E-state index contributed by atoms with van der Waals surface area (Å²) < 4.78 is 59.1. The van der Waals surface area contributed by atoms with Crippen LogP contribution < -0.4 is 10.2 Å². The molecule has 12 heteroatoms. The van der Waals surface area contributed by atoms with Crippen molar-refractivity contribution in [2.24, 2.45) is 0 Å². The zero-order valence-electron chi connectivity index (χ0n) is 19.4. The number of hydrogen-bond donors (Lipinski definition) is 1. The first-order chi connectivity index (χ1) is 15.3. The van der Waals surface area contributed by atoms with Crippen molar-refractivity contribution in [3.8, 4) is 0 Å². The molecule has 3 heterocycles. The molecule has 0 spiro atoms. The minimum atomic E-state index is -4.50. The van der Waals surface area contributed by atoms with E-state index in [-0.39, 0.29) is 37.8 Å². The number of carbonyl (C=O) groups is 1. The van der Waals surface area contributed by atoms with E-state index in [0.29, 0.717) is 24.5 Å². The molecule has 2 aromatic heterocycles. The van der Waals surface area contributed by atoms with Gasteiger partial charge in [0.05, 0.1) is 50.7 Å². The van der Waals surface area contributed by atoms with Crippen LogP contribution >= 0.6 is 0 Å². The predicted octanol–water partition coefficient (Wildman–Crippen LogP) is 3.14. The molecule has 1 aliphatic rings. The van der Waals surface area contributed by atoms with Crippen molar-refractivity contribution < 1.29 is 28.8 Å². The fourth-order valence-corrected chi connectivity index (χ4v) is 2.99. The highest BCUT2D eigenvalue weighted by molar-refractivity contribution is 5.68. The summed E-state index contributed by atoms with van der Waals surface area (Å²) in [7, 11) is 0. The van der Waals surface area contributed by atoms with Gasteiger partial charge in [-0.05, 0) is 33.7 Å². The third kappa shape index (κ3) is 6.55. The lowest BCUT2D eigenvalue weighted by Crippen LogP contribution is -2.39. The molecule has 0 aliphatic carbocycles. The summed E-state index contributed by atoms with van der Waals surface area (Å²) in [6.07, 6.45) is -3.53. The zero-order valence-corrected chi connectivity index (χ0v) is 18.4. The van der Waals surface area contributed by atoms with Gasteiger partial charge in [-0.2, -0.15) is 18.3 Å². The molecule has 1 amide bonds. The fraction of sp³-hybridized carbons (Fsp3) is 0.600. The Morgan fingerprint density at radius 1 is 1.28 bits per heavy atom. The smallest absolute Gasteiger partial charge is 0.419 e. The summed E-state index contributed by atoms with van der Waals surface area (Å²) in [5.41, 5.74) is -0.475. The van der Waals surface area contributed by atoms with E-state index < -0.39 is 23.4 Å². The Bertz CT molecular complexity index is 975. The molecule has 1 atom stereocenters. The van der Waals surface area contributed by atoms with E-state index in [0.717, 1.165) is 12.4 Å². The van der Waals surface area contributed by atoms with Crippen LogP contribution in [0.3, 0.4) is 0 Å². The second-order valence-corrected chi connectivity index (χ2v) is 8.49. The molecule has 0 radical (unpaired) electrons. The average molecular weight is 457 g/mol. The molecule has 0 aromatic carbocycles. The lowest BCUT2D eigenvalue weighted by Gasteiger charge is -2.27. The van der Waals surface area contributed by atoms with Gasteiger partial charge in [0.2, 0.25) is 5.95 Å². The van der Waals surface area contributed by atoms with E-state index in [2.05, 4.69) is 20.4 Å². The van der Waals surface area contributed by atoms with Crippen molar-refractivity contribution in [3.05, 3.63) is 35.4 Å². The maximum Gasteiger partial charge on any atom is 0.419 e. The van der Waals surface area contributed by atoms with Crippen molar-refractivity contribution in [2.75, 3.05) is 18.1 Å². The molecular formula is C20H27F3N6O3. The van der Waals surface area contributed by atoms with E-state index in [1.165, 1.54) is 0 Å². The molecule has 0 unspecified atom stereocenters. The van der Waals surface area contributed by atoms with Gasteiger partial charge >= 0.3 is 12.3 Å². The molecule has 2 aromatic rings. The minimum absolute atomic E-state index is 0.0793. The van der Waals surface area contributed by atoms with Gasteiger partial charge in [0.25, 0.3) is 0 Å². The predicted molar refractivity (Wildman–Crippen MR) is 109 cm³/mol. The topological polar surface area (TPSA) is 94.4 Å². The SMILES string of the molecule is [2H]c1c(COC[C@H](C)NC(=O)OC(C)(C)C)nn2c1CN(c1ncc(C(F)(F)F)cn1)CC2. The van der Waals surface area contributed by atoms with Crippen LogP contribution in [0.1, 0.15) is 46.0 Å². The second kappa shape index (κ2) is 9.31. The van der Waals surface area contributed by atoms with Crippen molar-refractivity contribution >= 4 is 12.0 Å². The maximum absolute atomic E-state index is 12.7. The van der Waals surface area contributed by atoms with E-state index in [1.807, 2.05) is 0 Å². The lowest BCUT2D eigenvalue weighted by atomic mass is 10.2.